The molecule has 19 heavy (non-hydrogen) atoms. The van der Waals surface area contributed by atoms with Crippen molar-refractivity contribution in [3.8, 4) is 0 Å². The average Bonchev–Trinajstić information content (AvgIpc) is 2.76. The Balaban J connectivity index is 2.15. The van der Waals surface area contributed by atoms with Crippen molar-refractivity contribution in [2.75, 3.05) is 5.32 Å². The van der Waals surface area contributed by atoms with Gasteiger partial charge < -0.3 is 14.8 Å². The van der Waals surface area contributed by atoms with E-state index in [1.54, 1.807) is 6.07 Å². The summed E-state index contributed by atoms with van der Waals surface area (Å²) in [5, 5.41) is 12.1. The lowest BCUT2D eigenvalue weighted by Crippen LogP contribution is -2.06. The van der Waals surface area contributed by atoms with E-state index in [-0.39, 0.29) is 11.8 Å². The molecule has 1 atom stereocenters. The largest absolute Gasteiger partial charge is 0.475 e. The fourth-order valence-electron chi connectivity index (χ4n) is 2.08. The first kappa shape index (κ1) is 13.2. The average molecular weight is 259 g/mol. The van der Waals surface area contributed by atoms with Crippen LogP contribution in [0.3, 0.4) is 0 Å². The third-order valence-electron chi connectivity index (χ3n) is 2.87. The molecule has 1 aromatic heterocycles. The quantitative estimate of drug-likeness (QED) is 0.877. The predicted molar refractivity (Wildman–Crippen MR) is 73.6 cm³/mol. The first-order chi connectivity index (χ1) is 8.95. The second-order valence-electron chi connectivity index (χ2n) is 4.75. The third-order valence-corrected chi connectivity index (χ3v) is 2.87. The number of nitrogens with one attached hydrogen (secondary N) is 1. The molecule has 0 saturated heterocycles. The standard InChI is InChI=1S/C15H17NO3/c1-9-6-10(2)8-12(7-9)16-11(3)13-4-5-14(19-13)15(17)18/h4-8,11,16H,1-3H3,(H,17,18). The van der Waals surface area contributed by atoms with Gasteiger partial charge in [-0.15, -0.1) is 0 Å². The highest BCUT2D eigenvalue weighted by Gasteiger charge is 2.14. The normalized spacial score (nSPS) is 12.2. The lowest BCUT2D eigenvalue weighted by atomic mass is 10.1. The van der Waals surface area contributed by atoms with E-state index in [4.69, 9.17) is 9.52 Å². The van der Waals surface area contributed by atoms with Gasteiger partial charge in [-0.05, 0) is 56.2 Å². The number of furan rings is 1. The third kappa shape index (κ3) is 3.16. The number of carboxylic acids is 1. The Hall–Kier alpha value is -2.23. The number of hydrogen-bond acceptors (Lipinski definition) is 3. The molecule has 0 aliphatic heterocycles. The topological polar surface area (TPSA) is 62.5 Å². The first-order valence-electron chi connectivity index (χ1n) is 6.13. The lowest BCUT2D eigenvalue weighted by Gasteiger charge is -2.14. The van der Waals surface area contributed by atoms with Gasteiger partial charge in [-0.3, -0.25) is 0 Å². The molecule has 0 bridgehead atoms. The van der Waals surface area contributed by atoms with Crippen molar-refractivity contribution in [1.29, 1.82) is 0 Å². The maximum Gasteiger partial charge on any atom is 0.371 e. The van der Waals surface area contributed by atoms with Crippen LogP contribution < -0.4 is 5.32 Å². The minimum Gasteiger partial charge on any atom is -0.475 e. The zero-order chi connectivity index (χ0) is 14.0. The van der Waals surface area contributed by atoms with Crippen molar-refractivity contribution < 1.29 is 14.3 Å². The molecular formula is C15H17NO3. The van der Waals surface area contributed by atoms with E-state index in [0.717, 1.165) is 5.69 Å². The van der Waals surface area contributed by atoms with Crippen LogP contribution in [-0.2, 0) is 0 Å². The van der Waals surface area contributed by atoms with Crippen LogP contribution >= 0.6 is 0 Å². The van der Waals surface area contributed by atoms with Gasteiger partial charge in [0.25, 0.3) is 0 Å². The molecule has 2 aromatic rings. The highest BCUT2D eigenvalue weighted by atomic mass is 16.4. The molecule has 0 aliphatic carbocycles. The van der Waals surface area contributed by atoms with E-state index < -0.39 is 5.97 Å². The highest BCUT2D eigenvalue weighted by molar-refractivity contribution is 5.84. The lowest BCUT2D eigenvalue weighted by molar-refractivity contribution is 0.0660. The Labute approximate surface area is 112 Å². The van der Waals surface area contributed by atoms with E-state index >= 15 is 0 Å². The number of hydrogen-bond donors (Lipinski definition) is 2. The van der Waals surface area contributed by atoms with Crippen molar-refractivity contribution in [3.63, 3.8) is 0 Å². The van der Waals surface area contributed by atoms with Gasteiger partial charge in [-0.1, -0.05) is 6.07 Å². The summed E-state index contributed by atoms with van der Waals surface area (Å²) in [7, 11) is 0. The summed E-state index contributed by atoms with van der Waals surface area (Å²) in [6.45, 7) is 6.01. The zero-order valence-electron chi connectivity index (χ0n) is 11.2. The Kier molecular flexibility index (Phi) is 3.60. The van der Waals surface area contributed by atoms with Crippen LogP contribution in [0.15, 0.2) is 34.7 Å². The number of aromatic carboxylic acids is 1. The molecule has 1 unspecified atom stereocenters. The minimum atomic E-state index is -1.05. The predicted octanol–water partition coefficient (Wildman–Crippen LogP) is 3.77. The summed E-state index contributed by atoms with van der Waals surface area (Å²) in [5.74, 6) is -0.481. The molecule has 0 amide bonds. The van der Waals surface area contributed by atoms with E-state index in [0.29, 0.717) is 5.76 Å². The van der Waals surface area contributed by atoms with Gasteiger partial charge in [0.1, 0.15) is 5.76 Å². The van der Waals surface area contributed by atoms with E-state index in [1.807, 2.05) is 32.9 Å². The van der Waals surface area contributed by atoms with Gasteiger partial charge in [0.15, 0.2) is 0 Å². The van der Waals surface area contributed by atoms with Gasteiger partial charge in [0.2, 0.25) is 5.76 Å². The fraction of sp³-hybridized carbons (Fsp3) is 0.267. The van der Waals surface area contributed by atoms with Crippen molar-refractivity contribution >= 4 is 11.7 Å². The SMILES string of the molecule is Cc1cc(C)cc(NC(C)c2ccc(C(=O)O)o2)c1. The van der Waals surface area contributed by atoms with Crippen LogP contribution in [0.25, 0.3) is 0 Å². The number of anilines is 1. The Bertz CT molecular complexity index is 581. The van der Waals surface area contributed by atoms with Gasteiger partial charge in [-0.25, -0.2) is 4.79 Å². The van der Waals surface area contributed by atoms with E-state index in [2.05, 4.69) is 11.4 Å². The molecule has 2 rings (SSSR count). The monoisotopic (exact) mass is 259 g/mol. The molecule has 2 N–H and O–H groups in total. The molecular weight excluding hydrogens is 242 g/mol. The summed E-state index contributed by atoms with van der Waals surface area (Å²) in [4.78, 5) is 10.8. The highest BCUT2D eigenvalue weighted by Crippen LogP contribution is 2.23. The van der Waals surface area contributed by atoms with Crippen molar-refractivity contribution in [2.45, 2.75) is 26.8 Å². The Morgan fingerprint density at radius 3 is 2.37 bits per heavy atom. The van der Waals surface area contributed by atoms with E-state index in [1.165, 1.54) is 17.2 Å². The molecule has 0 spiro atoms. The van der Waals surface area contributed by atoms with Crippen LogP contribution in [0.1, 0.15) is 40.4 Å². The van der Waals surface area contributed by atoms with Crippen LogP contribution in [0.4, 0.5) is 5.69 Å². The molecule has 0 saturated carbocycles. The summed E-state index contributed by atoms with van der Waals surface area (Å²) in [6, 6.07) is 9.26. The molecule has 1 heterocycles. The number of benzene rings is 1. The summed E-state index contributed by atoms with van der Waals surface area (Å²) >= 11 is 0. The van der Waals surface area contributed by atoms with E-state index in [9.17, 15) is 4.79 Å². The number of carbonyl (C=O) groups is 1. The van der Waals surface area contributed by atoms with Crippen LogP contribution in [0.5, 0.6) is 0 Å². The molecule has 4 nitrogen and oxygen atoms in total. The van der Waals surface area contributed by atoms with Crippen LogP contribution in [0, 0.1) is 13.8 Å². The number of rotatable bonds is 4. The molecule has 0 fully saturated rings. The summed E-state index contributed by atoms with van der Waals surface area (Å²) < 4.78 is 5.28. The Morgan fingerprint density at radius 2 is 1.84 bits per heavy atom. The molecule has 100 valence electrons. The number of aryl methyl sites for hydroxylation is 2. The van der Waals surface area contributed by atoms with Crippen LogP contribution in [-0.4, -0.2) is 11.1 Å². The maximum absolute atomic E-state index is 10.8. The van der Waals surface area contributed by atoms with Crippen LogP contribution in [0.2, 0.25) is 0 Å². The molecule has 1 aromatic carbocycles. The molecule has 4 heteroatoms. The van der Waals surface area contributed by atoms with Crippen molar-refractivity contribution in [3.05, 3.63) is 53.0 Å². The summed E-state index contributed by atoms with van der Waals surface area (Å²) in [5.41, 5.74) is 3.36. The second kappa shape index (κ2) is 5.18. The second-order valence-corrected chi connectivity index (χ2v) is 4.75. The van der Waals surface area contributed by atoms with Gasteiger partial charge in [0.05, 0.1) is 6.04 Å². The fourth-order valence-corrected chi connectivity index (χ4v) is 2.08. The maximum atomic E-state index is 10.8. The van der Waals surface area contributed by atoms with Gasteiger partial charge in [-0.2, -0.15) is 0 Å². The van der Waals surface area contributed by atoms with Crippen molar-refractivity contribution in [2.24, 2.45) is 0 Å². The minimum absolute atomic E-state index is 0.0379. The van der Waals surface area contributed by atoms with Gasteiger partial charge in [0, 0.05) is 5.69 Å². The summed E-state index contributed by atoms with van der Waals surface area (Å²) in [6.07, 6.45) is 0. The first-order valence-corrected chi connectivity index (χ1v) is 6.13. The molecule has 0 radical (unpaired) electrons. The molecule has 0 aliphatic rings. The zero-order valence-corrected chi connectivity index (χ0v) is 11.2. The Morgan fingerprint density at radius 1 is 1.21 bits per heavy atom. The smallest absolute Gasteiger partial charge is 0.371 e. The van der Waals surface area contributed by atoms with Crippen molar-refractivity contribution in [1.82, 2.24) is 0 Å². The number of carboxylic acid groups (broad SMARTS) is 1. The van der Waals surface area contributed by atoms with Gasteiger partial charge >= 0.3 is 5.97 Å².